The van der Waals surface area contributed by atoms with Gasteiger partial charge in [0.2, 0.25) is 0 Å². The summed E-state index contributed by atoms with van der Waals surface area (Å²) in [6.45, 7) is 8.92. The van der Waals surface area contributed by atoms with E-state index < -0.39 is 0 Å². The van der Waals surface area contributed by atoms with Crippen LogP contribution in [-0.2, 0) is 0 Å². The zero-order valence-electron chi connectivity index (χ0n) is 13.5. The van der Waals surface area contributed by atoms with Gasteiger partial charge in [0.1, 0.15) is 5.82 Å². The molecule has 0 bridgehead atoms. The van der Waals surface area contributed by atoms with Gasteiger partial charge in [-0.3, -0.25) is 0 Å². The Hall–Kier alpha value is -1.02. The topological polar surface area (TPSA) is 17.8 Å². The Kier molecular flexibility index (Phi) is 3.77. The molecular weight excluding hydrogens is 280 g/mol. The molecule has 1 heterocycles. The Bertz CT molecular complexity index is 655. The van der Waals surface area contributed by atoms with E-state index in [2.05, 4.69) is 43.5 Å². The molecule has 1 saturated carbocycles. The summed E-state index contributed by atoms with van der Waals surface area (Å²) in [5, 5.41) is -0.0598. The summed E-state index contributed by atoms with van der Waals surface area (Å²) in [5.41, 5.74) is 3.88. The minimum absolute atomic E-state index is 0.0598. The predicted molar refractivity (Wildman–Crippen MR) is 90.0 cm³/mol. The maximum Gasteiger partial charge on any atom is 0.127 e. The van der Waals surface area contributed by atoms with Crippen molar-refractivity contribution in [2.24, 2.45) is 5.41 Å². The van der Waals surface area contributed by atoms with Gasteiger partial charge in [0.25, 0.3) is 0 Å². The van der Waals surface area contributed by atoms with Crippen LogP contribution in [0, 0.1) is 12.3 Å². The molecule has 21 heavy (non-hydrogen) atoms. The number of benzene rings is 1. The summed E-state index contributed by atoms with van der Waals surface area (Å²) in [6, 6.07) is 7.06. The van der Waals surface area contributed by atoms with Gasteiger partial charge in [0.15, 0.2) is 0 Å². The first-order valence-corrected chi connectivity index (χ1v) is 8.46. The van der Waals surface area contributed by atoms with Gasteiger partial charge in [-0.05, 0) is 49.8 Å². The second-order valence-corrected chi connectivity index (χ2v) is 7.85. The molecule has 1 fully saturated rings. The van der Waals surface area contributed by atoms with Crippen LogP contribution in [0.3, 0.4) is 0 Å². The lowest BCUT2D eigenvalue weighted by Crippen LogP contribution is -2.31. The molecule has 0 saturated heterocycles. The van der Waals surface area contributed by atoms with E-state index in [1.165, 1.54) is 36.8 Å². The van der Waals surface area contributed by atoms with E-state index in [1.54, 1.807) is 0 Å². The van der Waals surface area contributed by atoms with E-state index in [0.29, 0.717) is 11.5 Å². The number of aromatic nitrogens is 2. The van der Waals surface area contributed by atoms with Crippen LogP contribution in [0.25, 0.3) is 11.0 Å². The van der Waals surface area contributed by atoms with Gasteiger partial charge >= 0.3 is 0 Å². The highest BCUT2D eigenvalue weighted by molar-refractivity contribution is 6.20. The van der Waals surface area contributed by atoms with Gasteiger partial charge in [-0.2, -0.15) is 0 Å². The van der Waals surface area contributed by atoms with Crippen molar-refractivity contribution < 1.29 is 0 Å². The van der Waals surface area contributed by atoms with Crippen molar-refractivity contribution in [1.29, 1.82) is 0 Å². The Morgan fingerprint density at radius 3 is 2.76 bits per heavy atom. The van der Waals surface area contributed by atoms with Crippen LogP contribution >= 0.6 is 11.6 Å². The molecule has 1 aromatic carbocycles. The van der Waals surface area contributed by atoms with Crippen molar-refractivity contribution in [1.82, 2.24) is 9.55 Å². The van der Waals surface area contributed by atoms with Crippen molar-refractivity contribution in [2.75, 3.05) is 0 Å². The molecule has 1 aliphatic rings. The quantitative estimate of drug-likeness (QED) is 0.642. The van der Waals surface area contributed by atoms with Crippen molar-refractivity contribution in [3.05, 3.63) is 29.6 Å². The lowest BCUT2D eigenvalue weighted by atomic mass is 9.73. The number of hydrogen-bond acceptors (Lipinski definition) is 1. The molecule has 0 N–H and O–H groups in total. The molecule has 2 aromatic rings. The standard InChI is InChI=1S/C18H25ClN2/c1-12-8-9-15-14(11-12)20-17(13(2)19)21(15)16-7-5-6-10-18(16,3)4/h8-9,11,13,16H,5-7,10H2,1-4H3. The molecule has 2 nitrogen and oxygen atoms in total. The SMILES string of the molecule is Cc1ccc2c(c1)nc(C(C)Cl)n2C1CCCCC1(C)C. The summed E-state index contributed by atoms with van der Waals surface area (Å²) in [6.07, 6.45) is 5.14. The molecule has 114 valence electrons. The second-order valence-electron chi connectivity index (χ2n) is 7.20. The van der Waals surface area contributed by atoms with Crippen LogP contribution < -0.4 is 0 Å². The second kappa shape index (κ2) is 5.31. The Labute approximate surface area is 132 Å². The third kappa shape index (κ3) is 2.59. The first-order chi connectivity index (χ1) is 9.90. The Balaban J connectivity index is 2.21. The van der Waals surface area contributed by atoms with Crippen LogP contribution in [0.15, 0.2) is 18.2 Å². The van der Waals surface area contributed by atoms with E-state index >= 15 is 0 Å². The van der Waals surface area contributed by atoms with E-state index in [1.807, 2.05) is 6.92 Å². The third-order valence-corrected chi connectivity index (χ3v) is 5.19. The molecule has 3 rings (SSSR count). The minimum Gasteiger partial charge on any atom is -0.323 e. The van der Waals surface area contributed by atoms with E-state index in [9.17, 15) is 0 Å². The maximum absolute atomic E-state index is 6.45. The zero-order valence-corrected chi connectivity index (χ0v) is 14.2. The van der Waals surface area contributed by atoms with Gasteiger partial charge in [-0.25, -0.2) is 4.98 Å². The molecule has 0 spiro atoms. The lowest BCUT2D eigenvalue weighted by molar-refractivity contribution is 0.145. The number of imidazole rings is 1. The van der Waals surface area contributed by atoms with Crippen LogP contribution in [0.5, 0.6) is 0 Å². The minimum atomic E-state index is -0.0598. The fourth-order valence-electron chi connectivity index (χ4n) is 3.79. The van der Waals surface area contributed by atoms with E-state index in [0.717, 1.165) is 11.3 Å². The molecule has 0 radical (unpaired) electrons. The molecule has 0 amide bonds. The highest BCUT2D eigenvalue weighted by Gasteiger charge is 2.36. The zero-order chi connectivity index (χ0) is 15.2. The number of rotatable bonds is 2. The number of nitrogens with zero attached hydrogens (tertiary/aromatic N) is 2. The number of hydrogen-bond donors (Lipinski definition) is 0. The van der Waals surface area contributed by atoms with Crippen molar-refractivity contribution in [3.8, 4) is 0 Å². The molecule has 0 aliphatic heterocycles. The lowest BCUT2D eigenvalue weighted by Gasteiger charge is -2.40. The summed E-state index contributed by atoms with van der Waals surface area (Å²) < 4.78 is 2.44. The first-order valence-electron chi connectivity index (χ1n) is 8.03. The molecule has 2 unspecified atom stereocenters. The first kappa shape index (κ1) is 14.9. The monoisotopic (exact) mass is 304 g/mol. The maximum atomic E-state index is 6.45. The van der Waals surface area contributed by atoms with Gasteiger partial charge < -0.3 is 4.57 Å². The fourth-order valence-corrected chi connectivity index (χ4v) is 3.94. The normalized spacial score (nSPS) is 23.4. The summed E-state index contributed by atoms with van der Waals surface area (Å²) in [5.74, 6) is 1.03. The van der Waals surface area contributed by atoms with Gasteiger partial charge in [0, 0.05) is 6.04 Å². The fraction of sp³-hybridized carbons (Fsp3) is 0.611. The summed E-state index contributed by atoms with van der Waals surface area (Å²) in [7, 11) is 0. The highest BCUT2D eigenvalue weighted by Crippen LogP contribution is 2.46. The van der Waals surface area contributed by atoms with Crippen molar-refractivity contribution in [2.45, 2.75) is 64.8 Å². The number of aryl methyl sites for hydroxylation is 1. The molecule has 1 aromatic heterocycles. The number of alkyl halides is 1. The third-order valence-electron chi connectivity index (χ3n) is 4.99. The average Bonchev–Trinajstić information content (AvgIpc) is 2.76. The summed E-state index contributed by atoms with van der Waals surface area (Å²) >= 11 is 6.45. The van der Waals surface area contributed by atoms with Crippen LogP contribution in [0.2, 0.25) is 0 Å². The molecule has 2 atom stereocenters. The predicted octanol–water partition coefficient (Wildman–Crippen LogP) is 5.79. The Morgan fingerprint density at radius 1 is 1.33 bits per heavy atom. The van der Waals surface area contributed by atoms with E-state index in [4.69, 9.17) is 16.6 Å². The average molecular weight is 305 g/mol. The van der Waals surface area contributed by atoms with Gasteiger partial charge in [0.05, 0.1) is 16.4 Å². The smallest absolute Gasteiger partial charge is 0.127 e. The molecule has 3 heteroatoms. The molecule has 1 aliphatic carbocycles. The largest absolute Gasteiger partial charge is 0.323 e. The highest BCUT2D eigenvalue weighted by atomic mass is 35.5. The van der Waals surface area contributed by atoms with Crippen molar-refractivity contribution in [3.63, 3.8) is 0 Å². The van der Waals surface area contributed by atoms with Gasteiger partial charge in [-0.15, -0.1) is 11.6 Å². The van der Waals surface area contributed by atoms with Crippen molar-refractivity contribution >= 4 is 22.6 Å². The van der Waals surface area contributed by atoms with Crippen LogP contribution in [0.4, 0.5) is 0 Å². The van der Waals surface area contributed by atoms with Crippen LogP contribution in [0.1, 0.15) is 69.3 Å². The Morgan fingerprint density at radius 2 is 2.10 bits per heavy atom. The summed E-state index contributed by atoms with van der Waals surface area (Å²) in [4.78, 5) is 4.84. The number of halogens is 1. The van der Waals surface area contributed by atoms with E-state index in [-0.39, 0.29) is 5.38 Å². The number of fused-ring (bicyclic) bond motifs is 1. The molecular formula is C18H25ClN2. The van der Waals surface area contributed by atoms with Gasteiger partial charge in [-0.1, -0.05) is 32.8 Å². The van der Waals surface area contributed by atoms with Crippen LogP contribution in [-0.4, -0.2) is 9.55 Å².